The van der Waals surface area contributed by atoms with E-state index in [0.717, 1.165) is 17.0 Å². The van der Waals surface area contributed by atoms with Crippen LogP contribution in [0.3, 0.4) is 0 Å². The summed E-state index contributed by atoms with van der Waals surface area (Å²) in [5.74, 6) is -0.189. The summed E-state index contributed by atoms with van der Waals surface area (Å²) in [6, 6.07) is 21.0. The number of hydrogen-bond donors (Lipinski definition) is 2. The van der Waals surface area contributed by atoms with Gasteiger partial charge in [-0.15, -0.1) is 6.07 Å². The molecule has 0 aliphatic carbocycles. The van der Waals surface area contributed by atoms with Crippen LogP contribution in [-0.2, 0) is 16.1 Å². The number of hydrogen-bond acceptors (Lipinski definition) is 3. The van der Waals surface area contributed by atoms with Crippen molar-refractivity contribution < 1.29 is 14.9 Å². The van der Waals surface area contributed by atoms with Gasteiger partial charge in [-0.2, -0.15) is 0 Å². The summed E-state index contributed by atoms with van der Waals surface area (Å²) in [4.78, 5) is 29.2. The van der Waals surface area contributed by atoms with Crippen LogP contribution in [-0.4, -0.2) is 22.0 Å². The van der Waals surface area contributed by atoms with Crippen molar-refractivity contribution in [3.63, 3.8) is 0 Å². The standard InChI is InChI=1S/C23H19N3O2S/c27-21(13-20-15-29-23(26-20)18-9-5-11-24-14-18)25-19-10-4-8-17(12-19)22(28)16-6-2-1-3-7-16/h1-12,14-15H,13,26H2,(H,25,27). The highest BCUT2D eigenvalue weighted by molar-refractivity contribution is 7.80. The maximum Gasteiger partial charge on any atom is 0.260 e. The van der Waals surface area contributed by atoms with Crippen LogP contribution in [0.5, 0.6) is 0 Å². The second-order valence-corrected chi connectivity index (χ2v) is 7.47. The number of nitrogens with one attached hydrogen (secondary N) is 1. The average molecular weight is 401 g/mol. The first-order valence-corrected chi connectivity index (χ1v) is 10.0. The van der Waals surface area contributed by atoms with Gasteiger partial charge in [0.1, 0.15) is 0 Å². The number of carbonyl (C=O) groups excluding carboxylic acids is 2. The van der Waals surface area contributed by atoms with Crippen molar-refractivity contribution in [1.29, 1.82) is 0 Å². The summed E-state index contributed by atoms with van der Waals surface area (Å²) in [5, 5.41) is 7.96. The first-order chi connectivity index (χ1) is 14.2. The van der Waals surface area contributed by atoms with E-state index in [0.29, 0.717) is 16.8 Å². The Kier molecular flexibility index (Phi) is 5.74. The number of ketones is 1. The number of nitrogens with two attached hydrogens (primary N) is 1. The number of pyridine rings is 1. The molecular weight excluding hydrogens is 382 g/mol. The molecule has 1 aliphatic rings. The number of nitrogens with zero attached hydrogens (tertiary/aromatic N) is 1. The second kappa shape index (κ2) is 8.77. The van der Waals surface area contributed by atoms with Crippen molar-refractivity contribution in [2.24, 2.45) is 0 Å². The van der Waals surface area contributed by atoms with Gasteiger partial charge in [0.2, 0.25) is 0 Å². The molecule has 3 N–H and O–H groups in total. The first-order valence-electron chi connectivity index (χ1n) is 9.16. The SMILES string of the molecule is O=C(C[C-]1C=[S+][C-](c2cccnc2)[NH2+]1)Nc1cccc(C(=O)c2ccccc2)c1. The lowest BCUT2D eigenvalue weighted by Crippen LogP contribution is -2.85. The fourth-order valence-corrected chi connectivity index (χ4v) is 3.92. The third-order valence-electron chi connectivity index (χ3n) is 4.41. The molecule has 6 heteroatoms. The minimum Gasteiger partial charge on any atom is -0.435 e. The molecule has 0 unspecified atom stereocenters. The van der Waals surface area contributed by atoms with Gasteiger partial charge in [-0.25, -0.2) is 0 Å². The third-order valence-corrected chi connectivity index (χ3v) is 5.44. The molecule has 0 saturated heterocycles. The predicted molar refractivity (Wildman–Crippen MR) is 115 cm³/mol. The smallest absolute Gasteiger partial charge is 0.260 e. The van der Waals surface area contributed by atoms with Gasteiger partial charge in [-0.05, 0) is 30.8 Å². The maximum atomic E-state index is 12.6. The van der Waals surface area contributed by atoms with Crippen LogP contribution in [0.25, 0.3) is 0 Å². The molecule has 2 heterocycles. The number of benzene rings is 2. The molecule has 4 rings (SSSR count). The largest absolute Gasteiger partial charge is 0.435 e. The molecule has 144 valence electrons. The minimum atomic E-state index is -0.121. The van der Waals surface area contributed by atoms with Gasteiger partial charge in [-0.3, -0.25) is 9.59 Å². The summed E-state index contributed by atoms with van der Waals surface area (Å²) in [6.07, 6.45) is 3.82. The Bertz CT molecular complexity index is 1040. The quantitative estimate of drug-likeness (QED) is 0.288. The van der Waals surface area contributed by atoms with E-state index in [1.165, 1.54) is 0 Å². The molecule has 0 atom stereocenters. The first kappa shape index (κ1) is 19.0. The number of aromatic nitrogens is 1. The van der Waals surface area contributed by atoms with Gasteiger partial charge in [-0.1, -0.05) is 60.3 Å². The normalized spacial score (nSPS) is 13.4. The van der Waals surface area contributed by atoms with E-state index in [2.05, 4.69) is 10.3 Å². The lowest BCUT2D eigenvalue weighted by molar-refractivity contribution is -0.590. The number of amides is 1. The van der Waals surface area contributed by atoms with Crippen molar-refractivity contribution >= 4 is 34.1 Å². The highest BCUT2D eigenvalue weighted by Gasteiger charge is 2.24. The van der Waals surface area contributed by atoms with Gasteiger partial charge in [0.25, 0.3) is 5.37 Å². The molecule has 2 aromatic carbocycles. The molecular formula is C23H19N3O2S. The maximum absolute atomic E-state index is 12.6. The zero-order chi connectivity index (χ0) is 20.1. The molecule has 29 heavy (non-hydrogen) atoms. The van der Waals surface area contributed by atoms with E-state index in [1.807, 2.05) is 47.2 Å². The number of carbonyl (C=O) groups is 2. The topological polar surface area (TPSA) is 75.7 Å². The summed E-state index contributed by atoms with van der Waals surface area (Å²) < 4.78 is 0. The predicted octanol–water partition coefficient (Wildman–Crippen LogP) is 2.17. The highest BCUT2D eigenvalue weighted by atomic mass is 32.1. The highest BCUT2D eigenvalue weighted by Crippen LogP contribution is 2.16. The molecule has 1 amide bonds. The Balaban J connectivity index is 1.36. The zero-order valence-corrected chi connectivity index (χ0v) is 16.4. The Morgan fingerprint density at radius 2 is 1.83 bits per heavy atom. The van der Waals surface area contributed by atoms with Crippen LogP contribution < -0.4 is 10.6 Å². The molecule has 1 aromatic heterocycles. The molecule has 1 aliphatic heterocycles. The monoisotopic (exact) mass is 401 g/mol. The van der Waals surface area contributed by atoms with Gasteiger partial charge in [0.05, 0.1) is 5.37 Å². The fraction of sp³-hybridized carbons (Fsp3) is 0.0435. The number of quaternary nitrogens is 1. The summed E-state index contributed by atoms with van der Waals surface area (Å²) in [7, 11) is 0. The van der Waals surface area contributed by atoms with Crippen LogP contribution in [0.1, 0.15) is 27.9 Å². The fourth-order valence-electron chi connectivity index (χ4n) is 3.01. The van der Waals surface area contributed by atoms with E-state index in [9.17, 15) is 9.59 Å². The van der Waals surface area contributed by atoms with Crippen LogP contribution >= 0.6 is 0 Å². The Morgan fingerprint density at radius 3 is 2.62 bits per heavy atom. The minimum absolute atomic E-state index is 0.0688. The van der Waals surface area contributed by atoms with E-state index in [-0.39, 0.29) is 18.1 Å². The zero-order valence-electron chi connectivity index (χ0n) is 15.5. The molecule has 3 aromatic rings. The Hall–Kier alpha value is -3.35. The van der Waals surface area contributed by atoms with Crippen LogP contribution in [0, 0.1) is 11.4 Å². The summed E-state index contributed by atoms with van der Waals surface area (Å²) in [6.45, 7) is 0. The van der Waals surface area contributed by atoms with Crippen molar-refractivity contribution in [3.05, 3.63) is 107 Å². The number of rotatable bonds is 6. The molecule has 0 radical (unpaired) electrons. The van der Waals surface area contributed by atoms with Crippen LogP contribution in [0.4, 0.5) is 5.69 Å². The summed E-state index contributed by atoms with van der Waals surface area (Å²) in [5.41, 5.74) is 2.82. The van der Waals surface area contributed by atoms with Crippen molar-refractivity contribution in [1.82, 2.24) is 4.98 Å². The lowest BCUT2D eigenvalue weighted by atomic mass is 10.0. The Morgan fingerprint density at radius 1 is 1.00 bits per heavy atom. The van der Waals surface area contributed by atoms with Gasteiger partial charge in [0.15, 0.2) is 23.0 Å². The van der Waals surface area contributed by atoms with Crippen molar-refractivity contribution in [2.75, 3.05) is 5.32 Å². The molecule has 0 saturated carbocycles. The summed E-state index contributed by atoms with van der Waals surface area (Å²) >= 11 is 1.59. The Labute approximate surface area is 173 Å². The molecule has 0 spiro atoms. The van der Waals surface area contributed by atoms with Crippen LogP contribution in [0.15, 0.2) is 79.1 Å². The average Bonchev–Trinajstić information content (AvgIpc) is 3.23. The molecule has 0 bridgehead atoms. The van der Waals surface area contributed by atoms with Gasteiger partial charge >= 0.3 is 0 Å². The van der Waals surface area contributed by atoms with E-state index >= 15 is 0 Å². The van der Waals surface area contributed by atoms with E-state index in [4.69, 9.17) is 0 Å². The van der Waals surface area contributed by atoms with Crippen molar-refractivity contribution in [3.8, 4) is 0 Å². The van der Waals surface area contributed by atoms with Crippen molar-refractivity contribution in [2.45, 2.75) is 6.42 Å². The van der Waals surface area contributed by atoms with Crippen LogP contribution in [0.2, 0.25) is 0 Å². The van der Waals surface area contributed by atoms with Gasteiger partial charge < -0.3 is 15.6 Å². The van der Waals surface area contributed by atoms with Gasteiger partial charge in [0, 0.05) is 16.8 Å². The lowest BCUT2D eigenvalue weighted by Gasteiger charge is -2.17. The van der Waals surface area contributed by atoms with E-state index in [1.54, 1.807) is 53.9 Å². The third kappa shape index (κ3) is 4.74. The molecule has 0 fully saturated rings. The second-order valence-electron chi connectivity index (χ2n) is 6.56. The molecule has 5 nitrogen and oxygen atoms in total. The van der Waals surface area contributed by atoms with E-state index < -0.39 is 0 Å². The number of anilines is 1.